The van der Waals surface area contributed by atoms with E-state index in [1.807, 2.05) is 12.3 Å². The predicted molar refractivity (Wildman–Crippen MR) is 89.6 cm³/mol. The topological polar surface area (TPSA) is 85.0 Å². The molecule has 7 nitrogen and oxygen atoms in total. The number of nitrogens with two attached hydrogens (primary N) is 1. The first-order valence-electron chi connectivity index (χ1n) is 8.24. The number of ether oxygens (including phenoxy) is 2. The van der Waals surface area contributed by atoms with Crippen LogP contribution in [0.1, 0.15) is 18.4 Å². The van der Waals surface area contributed by atoms with Crippen molar-refractivity contribution in [1.82, 2.24) is 10.3 Å². The van der Waals surface area contributed by atoms with E-state index in [-0.39, 0.29) is 6.10 Å². The van der Waals surface area contributed by atoms with Crippen LogP contribution in [-0.4, -0.2) is 56.5 Å². The first-order chi connectivity index (χ1) is 11.3. The molecule has 0 radical (unpaired) electrons. The Morgan fingerprint density at radius 3 is 3.04 bits per heavy atom. The summed E-state index contributed by atoms with van der Waals surface area (Å²) >= 11 is 0. The third-order valence-corrected chi connectivity index (χ3v) is 4.11. The second-order valence-corrected chi connectivity index (χ2v) is 5.84. The SMILES string of the molecule is NC(=NCc1ccnc(N2CCOCC2)c1)NCC1CCCO1. The first kappa shape index (κ1) is 16.0. The van der Waals surface area contributed by atoms with Gasteiger partial charge >= 0.3 is 0 Å². The van der Waals surface area contributed by atoms with Crippen LogP contribution >= 0.6 is 0 Å². The van der Waals surface area contributed by atoms with Gasteiger partial charge < -0.3 is 25.4 Å². The van der Waals surface area contributed by atoms with Crippen LogP contribution in [0.4, 0.5) is 5.82 Å². The zero-order valence-corrected chi connectivity index (χ0v) is 13.4. The van der Waals surface area contributed by atoms with Crippen molar-refractivity contribution in [3.8, 4) is 0 Å². The van der Waals surface area contributed by atoms with Crippen LogP contribution in [-0.2, 0) is 16.0 Å². The van der Waals surface area contributed by atoms with Crippen LogP contribution in [0.25, 0.3) is 0 Å². The number of nitrogens with zero attached hydrogens (tertiary/aromatic N) is 3. The molecule has 0 bridgehead atoms. The Morgan fingerprint density at radius 2 is 2.26 bits per heavy atom. The van der Waals surface area contributed by atoms with E-state index in [2.05, 4.69) is 26.3 Å². The Hall–Kier alpha value is -1.86. The van der Waals surface area contributed by atoms with E-state index < -0.39 is 0 Å². The van der Waals surface area contributed by atoms with E-state index in [0.29, 0.717) is 12.5 Å². The highest BCUT2D eigenvalue weighted by atomic mass is 16.5. The molecule has 1 aromatic heterocycles. The molecule has 7 heteroatoms. The monoisotopic (exact) mass is 319 g/mol. The number of aromatic nitrogens is 1. The maximum absolute atomic E-state index is 5.92. The van der Waals surface area contributed by atoms with Crippen molar-refractivity contribution in [2.24, 2.45) is 10.7 Å². The molecule has 2 aliphatic rings. The van der Waals surface area contributed by atoms with Gasteiger partial charge in [0, 0.05) is 32.4 Å². The van der Waals surface area contributed by atoms with E-state index in [1.54, 1.807) is 0 Å². The lowest BCUT2D eigenvalue weighted by atomic mass is 10.2. The molecule has 1 atom stereocenters. The molecule has 0 aromatic carbocycles. The Bertz CT molecular complexity index is 525. The minimum absolute atomic E-state index is 0.262. The summed E-state index contributed by atoms with van der Waals surface area (Å²) in [5.74, 6) is 1.44. The smallest absolute Gasteiger partial charge is 0.189 e. The van der Waals surface area contributed by atoms with Gasteiger partial charge in [0.2, 0.25) is 0 Å². The summed E-state index contributed by atoms with van der Waals surface area (Å²) in [4.78, 5) is 11.1. The van der Waals surface area contributed by atoms with Crippen molar-refractivity contribution >= 4 is 11.8 Å². The standard InChI is InChI=1S/C16H25N5O2/c17-16(20-12-14-2-1-7-23-14)19-11-13-3-4-18-15(10-13)21-5-8-22-9-6-21/h3-4,10,14H,1-2,5-9,11-12H2,(H3,17,19,20). The lowest BCUT2D eigenvalue weighted by molar-refractivity contribution is 0.114. The fourth-order valence-electron chi connectivity index (χ4n) is 2.78. The highest BCUT2D eigenvalue weighted by Gasteiger charge is 2.15. The molecule has 0 aliphatic carbocycles. The number of guanidine groups is 1. The Morgan fingerprint density at radius 1 is 1.39 bits per heavy atom. The van der Waals surface area contributed by atoms with Gasteiger partial charge in [-0.1, -0.05) is 0 Å². The Balaban J connectivity index is 1.51. The van der Waals surface area contributed by atoms with Crippen molar-refractivity contribution < 1.29 is 9.47 Å². The lowest BCUT2D eigenvalue weighted by Crippen LogP contribution is -2.37. The molecule has 3 rings (SSSR count). The van der Waals surface area contributed by atoms with Gasteiger partial charge in [0.1, 0.15) is 5.82 Å². The largest absolute Gasteiger partial charge is 0.378 e. The number of hydrogen-bond donors (Lipinski definition) is 2. The van der Waals surface area contributed by atoms with Gasteiger partial charge in [-0.3, -0.25) is 0 Å². The van der Waals surface area contributed by atoms with E-state index in [4.69, 9.17) is 15.2 Å². The van der Waals surface area contributed by atoms with Crippen LogP contribution in [0, 0.1) is 0 Å². The lowest BCUT2D eigenvalue weighted by Gasteiger charge is -2.27. The molecule has 1 aromatic rings. The summed E-state index contributed by atoms with van der Waals surface area (Å²) in [6, 6.07) is 4.04. The number of nitrogens with one attached hydrogen (secondary N) is 1. The third-order valence-electron chi connectivity index (χ3n) is 4.11. The Kier molecular flexibility index (Phi) is 5.65. The van der Waals surface area contributed by atoms with Crippen molar-refractivity contribution in [2.45, 2.75) is 25.5 Å². The fourth-order valence-corrected chi connectivity index (χ4v) is 2.78. The summed E-state index contributed by atoms with van der Waals surface area (Å²) < 4.78 is 10.9. The van der Waals surface area contributed by atoms with Crippen LogP contribution < -0.4 is 16.0 Å². The molecule has 23 heavy (non-hydrogen) atoms. The molecular weight excluding hydrogens is 294 g/mol. The molecule has 126 valence electrons. The molecule has 2 fully saturated rings. The van der Waals surface area contributed by atoms with Gasteiger partial charge in [-0.15, -0.1) is 0 Å². The summed E-state index contributed by atoms with van der Waals surface area (Å²) in [5, 5.41) is 3.13. The number of morpholine rings is 1. The summed E-state index contributed by atoms with van der Waals surface area (Å²) in [5.41, 5.74) is 7.02. The zero-order chi connectivity index (χ0) is 15.9. The van der Waals surface area contributed by atoms with Gasteiger partial charge in [-0.05, 0) is 30.5 Å². The highest BCUT2D eigenvalue weighted by Crippen LogP contribution is 2.15. The van der Waals surface area contributed by atoms with Gasteiger partial charge in [0.05, 0.1) is 25.9 Å². The predicted octanol–water partition coefficient (Wildman–Crippen LogP) is 0.501. The maximum atomic E-state index is 5.92. The van der Waals surface area contributed by atoms with Gasteiger partial charge in [-0.25, -0.2) is 9.98 Å². The number of aliphatic imine (C=N–C) groups is 1. The fraction of sp³-hybridized carbons (Fsp3) is 0.625. The first-order valence-corrected chi connectivity index (χ1v) is 8.24. The van der Waals surface area contributed by atoms with E-state index in [9.17, 15) is 0 Å². The van der Waals surface area contributed by atoms with Crippen molar-refractivity contribution in [3.05, 3.63) is 23.9 Å². The van der Waals surface area contributed by atoms with Crippen LogP contribution in [0.15, 0.2) is 23.3 Å². The van der Waals surface area contributed by atoms with Crippen molar-refractivity contribution in [2.75, 3.05) is 44.4 Å². The quantitative estimate of drug-likeness (QED) is 0.607. The summed E-state index contributed by atoms with van der Waals surface area (Å²) in [7, 11) is 0. The number of anilines is 1. The maximum Gasteiger partial charge on any atom is 0.189 e. The molecule has 2 saturated heterocycles. The van der Waals surface area contributed by atoms with Crippen LogP contribution in [0.3, 0.4) is 0 Å². The number of pyridine rings is 1. The Labute approximate surface area is 136 Å². The molecule has 3 N–H and O–H groups in total. The van der Waals surface area contributed by atoms with Gasteiger partial charge in [-0.2, -0.15) is 0 Å². The molecule has 2 aliphatic heterocycles. The van der Waals surface area contributed by atoms with Gasteiger partial charge in [0.15, 0.2) is 5.96 Å². The molecule has 0 spiro atoms. The van der Waals surface area contributed by atoms with Crippen LogP contribution in [0.5, 0.6) is 0 Å². The molecule has 0 saturated carbocycles. The van der Waals surface area contributed by atoms with E-state index in [0.717, 1.165) is 63.7 Å². The highest BCUT2D eigenvalue weighted by molar-refractivity contribution is 5.77. The zero-order valence-electron chi connectivity index (χ0n) is 13.4. The van der Waals surface area contributed by atoms with Crippen LogP contribution in [0.2, 0.25) is 0 Å². The number of hydrogen-bond acceptors (Lipinski definition) is 5. The molecule has 0 amide bonds. The molecule has 3 heterocycles. The second kappa shape index (κ2) is 8.12. The second-order valence-electron chi connectivity index (χ2n) is 5.84. The minimum atomic E-state index is 0.262. The minimum Gasteiger partial charge on any atom is -0.378 e. The number of rotatable bonds is 5. The average molecular weight is 319 g/mol. The average Bonchev–Trinajstić information content (AvgIpc) is 3.13. The van der Waals surface area contributed by atoms with Gasteiger partial charge in [0.25, 0.3) is 0 Å². The molecular formula is C16H25N5O2. The summed E-state index contributed by atoms with van der Waals surface area (Å²) in [6.45, 7) is 5.39. The third kappa shape index (κ3) is 4.80. The summed E-state index contributed by atoms with van der Waals surface area (Å²) in [6.07, 6.45) is 4.31. The normalized spacial score (nSPS) is 22.3. The van der Waals surface area contributed by atoms with E-state index >= 15 is 0 Å². The van der Waals surface area contributed by atoms with Crippen molar-refractivity contribution in [3.63, 3.8) is 0 Å². The molecule has 1 unspecified atom stereocenters. The van der Waals surface area contributed by atoms with Crippen molar-refractivity contribution in [1.29, 1.82) is 0 Å². The van der Waals surface area contributed by atoms with E-state index in [1.165, 1.54) is 0 Å².